The third kappa shape index (κ3) is 4.94. The Labute approximate surface area is 191 Å². The standard InChI is InChI=1S/C25H26FN5O2/c26-20-9-6-18(7-10-20)25(32)27-13-14-31-16-28-21-15-19(8-11-22(21)31)24-29-23(33-30-24)12-5-17-3-1-2-4-17/h6-11,15-17H,1-5,12-14H2,(H,27,32). The van der Waals surface area contributed by atoms with Crippen LogP contribution in [0.15, 0.2) is 53.3 Å². The summed E-state index contributed by atoms with van der Waals surface area (Å²) in [6.45, 7) is 0.995. The minimum Gasteiger partial charge on any atom is -0.350 e. The number of carbonyl (C=O) groups excluding carboxylic acids is 1. The van der Waals surface area contributed by atoms with Gasteiger partial charge >= 0.3 is 0 Å². The van der Waals surface area contributed by atoms with Gasteiger partial charge in [0.05, 0.1) is 17.4 Å². The Morgan fingerprint density at radius 3 is 2.79 bits per heavy atom. The van der Waals surface area contributed by atoms with Crippen LogP contribution in [-0.2, 0) is 13.0 Å². The number of hydrogen-bond acceptors (Lipinski definition) is 5. The van der Waals surface area contributed by atoms with Crippen LogP contribution in [0, 0.1) is 11.7 Å². The van der Waals surface area contributed by atoms with E-state index in [1.165, 1.54) is 49.9 Å². The summed E-state index contributed by atoms with van der Waals surface area (Å²) in [6.07, 6.45) is 9.01. The number of nitrogens with one attached hydrogen (secondary N) is 1. The molecule has 1 fully saturated rings. The van der Waals surface area contributed by atoms with E-state index in [4.69, 9.17) is 4.52 Å². The number of halogens is 1. The molecule has 2 aromatic heterocycles. The summed E-state index contributed by atoms with van der Waals surface area (Å²) in [7, 11) is 0. The zero-order valence-corrected chi connectivity index (χ0v) is 18.3. The molecule has 7 nitrogen and oxygen atoms in total. The van der Waals surface area contributed by atoms with E-state index in [1.54, 1.807) is 6.33 Å². The first-order valence-electron chi connectivity index (χ1n) is 11.5. The zero-order chi connectivity index (χ0) is 22.6. The van der Waals surface area contributed by atoms with Crippen molar-refractivity contribution in [1.29, 1.82) is 0 Å². The smallest absolute Gasteiger partial charge is 0.251 e. The molecule has 4 aromatic rings. The molecule has 170 valence electrons. The molecule has 0 aliphatic heterocycles. The maximum absolute atomic E-state index is 13.0. The molecule has 1 N–H and O–H groups in total. The van der Waals surface area contributed by atoms with E-state index in [0.29, 0.717) is 30.4 Å². The van der Waals surface area contributed by atoms with E-state index in [-0.39, 0.29) is 11.7 Å². The Kier molecular flexibility index (Phi) is 6.15. The Hall–Kier alpha value is -3.55. The van der Waals surface area contributed by atoms with E-state index in [1.807, 2.05) is 22.8 Å². The minimum atomic E-state index is -0.364. The summed E-state index contributed by atoms with van der Waals surface area (Å²) >= 11 is 0. The number of rotatable bonds is 8. The molecule has 0 unspecified atom stereocenters. The maximum Gasteiger partial charge on any atom is 0.251 e. The van der Waals surface area contributed by atoms with Crippen LogP contribution in [0.2, 0.25) is 0 Å². The fourth-order valence-electron chi connectivity index (χ4n) is 4.47. The third-order valence-electron chi connectivity index (χ3n) is 6.33. The van der Waals surface area contributed by atoms with Gasteiger partial charge in [0, 0.05) is 30.6 Å². The number of nitrogens with zero attached hydrogens (tertiary/aromatic N) is 4. The van der Waals surface area contributed by atoms with Crippen molar-refractivity contribution in [3.05, 3.63) is 66.1 Å². The van der Waals surface area contributed by atoms with Gasteiger partial charge < -0.3 is 14.4 Å². The molecule has 0 bridgehead atoms. The topological polar surface area (TPSA) is 85.8 Å². The second-order valence-electron chi connectivity index (χ2n) is 8.61. The first kappa shape index (κ1) is 21.3. The summed E-state index contributed by atoms with van der Waals surface area (Å²) in [5.74, 6) is 1.47. The van der Waals surface area contributed by atoms with E-state index < -0.39 is 0 Å². The number of benzene rings is 2. The number of carbonyl (C=O) groups is 1. The van der Waals surface area contributed by atoms with Crippen LogP contribution < -0.4 is 5.32 Å². The molecule has 2 heterocycles. The number of aryl methyl sites for hydroxylation is 1. The number of hydrogen-bond donors (Lipinski definition) is 1. The Morgan fingerprint density at radius 2 is 1.97 bits per heavy atom. The fraction of sp³-hybridized carbons (Fsp3) is 0.360. The van der Waals surface area contributed by atoms with Gasteiger partial charge in [-0.05, 0) is 54.8 Å². The summed E-state index contributed by atoms with van der Waals surface area (Å²) < 4.78 is 20.5. The molecular formula is C25H26FN5O2. The summed E-state index contributed by atoms with van der Waals surface area (Å²) in [5, 5.41) is 7.01. The van der Waals surface area contributed by atoms with Crippen LogP contribution in [0.3, 0.4) is 0 Å². The van der Waals surface area contributed by atoms with Crippen LogP contribution in [-0.4, -0.2) is 32.1 Å². The first-order valence-corrected chi connectivity index (χ1v) is 11.5. The second kappa shape index (κ2) is 9.52. The van der Waals surface area contributed by atoms with E-state index in [9.17, 15) is 9.18 Å². The average Bonchev–Trinajstić information content (AvgIpc) is 3.59. The molecule has 1 aliphatic rings. The van der Waals surface area contributed by atoms with Gasteiger partial charge in [-0.25, -0.2) is 9.37 Å². The highest BCUT2D eigenvalue weighted by atomic mass is 19.1. The molecule has 8 heteroatoms. The fourth-order valence-corrected chi connectivity index (χ4v) is 4.47. The van der Waals surface area contributed by atoms with Crippen molar-refractivity contribution in [3.63, 3.8) is 0 Å². The van der Waals surface area contributed by atoms with Crippen LogP contribution in [0.1, 0.15) is 48.4 Å². The quantitative estimate of drug-likeness (QED) is 0.420. The van der Waals surface area contributed by atoms with E-state index in [2.05, 4.69) is 20.4 Å². The molecule has 1 amide bonds. The molecule has 0 spiro atoms. The van der Waals surface area contributed by atoms with Gasteiger partial charge in [-0.1, -0.05) is 30.8 Å². The lowest BCUT2D eigenvalue weighted by atomic mass is 10.0. The Bertz CT molecular complexity index is 1240. The number of imidazole rings is 1. The SMILES string of the molecule is O=C(NCCn1cnc2cc(-c3noc(CCC4CCCC4)n3)ccc21)c1ccc(F)cc1. The van der Waals surface area contributed by atoms with Gasteiger partial charge in [-0.3, -0.25) is 4.79 Å². The summed E-state index contributed by atoms with van der Waals surface area (Å²) in [6, 6.07) is 11.4. The molecule has 0 atom stereocenters. The van der Waals surface area contributed by atoms with Crippen molar-refractivity contribution in [1.82, 2.24) is 25.0 Å². The lowest BCUT2D eigenvalue weighted by Gasteiger charge is -2.07. The maximum atomic E-state index is 13.0. The number of aromatic nitrogens is 4. The van der Waals surface area contributed by atoms with E-state index in [0.717, 1.165) is 35.4 Å². The van der Waals surface area contributed by atoms with Gasteiger partial charge in [0.2, 0.25) is 11.7 Å². The van der Waals surface area contributed by atoms with Crippen molar-refractivity contribution in [2.24, 2.45) is 5.92 Å². The van der Waals surface area contributed by atoms with Crippen LogP contribution >= 0.6 is 0 Å². The second-order valence-corrected chi connectivity index (χ2v) is 8.61. The third-order valence-corrected chi connectivity index (χ3v) is 6.33. The zero-order valence-electron chi connectivity index (χ0n) is 18.3. The van der Waals surface area contributed by atoms with Crippen LogP contribution in [0.4, 0.5) is 4.39 Å². The molecule has 2 aromatic carbocycles. The predicted molar refractivity (Wildman–Crippen MR) is 122 cm³/mol. The first-order chi connectivity index (χ1) is 16.2. The van der Waals surface area contributed by atoms with Crippen molar-refractivity contribution >= 4 is 16.9 Å². The van der Waals surface area contributed by atoms with Gasteiger partial charge in [0.15, 0.2) is 0 Å². The number of amides is 1. The molecule has 1 saturated carbocycles. The Balaban J connectivity index is 1.20. The molecule has 0 radical (unpaired) electrons. The lowest BCUT2D eigenvalue weighted by molar-refractivity contribution is 0.0952. The highest BCUT2D eigenvalue weighted by Gasteiger charge is 2.17. The number of fused-ring (bicyclic) bond motifs is 1. The highest BCUT2D eigenvalue weighted by Crippen LogP contribution is 2.29. The van der Waals surface area contributed by atoms with Crippen molar-refractivity contribution in [2.45, 2.75) is 45.1 Å². The molecule has 33 heavy (non-hydrogen) atoms. The van der Waals surface area contributed by atoms with Crippen molar-refractivity contribution < 1.29 is 13.7 Å². The summed E-state index contributed by atoms with van der Waals surface area (Å²) in [5.41, 5.74) is 3.09. The Morgan fingerprint density at radius 1 is 1.15 bits per heavy atom. The average molecular weight is 448 g/mol. The highest BCUT2D eigenvalue weighted by molar-refractivity contribution is 5.94. The minimum absolute atomic E-state index is 0.234. The van der Waals surface area contributed by atoms with Crippen molar-refractivity contribution in [2.75, 3.05) is 6.54 Å². The van der Waals surface area contributed by atoms with Gasteiger partial charge in [-0.2, -0.15) is 4.98 Å². The van der Waals surface area contributed by atoms with Crippen molar-refractivity contribution in [3.8, 4) is 11.4 Å². The molecule has 1 aliphatic carbocycles. The summed E-state index contributed by atoms with van der Waals surface area (Å²) in [4.78, 5) is 21.3. The predicted octanol–water partition coefficient (Wildman–Crippen LogP) is 4.78. The molecule has 5 rings (SSSR count). The van der Waals surface area contributed by atoms with Crippen LogP contribution in [0.5, 0.6) is 0 Å². The molecular weight excluding hydrogens is 421 g/mol. The normalized spacial score (nSPS) is 14.2. The van der Waals surface area contributed by atoms with E-state index >= 15 is 0 Å². The van der Waals surface area contributed by atoms with Gasteiger partial charge in [0.25, 0.3) is 5.91 Å². The van der Waals surface area contributed by atoms with Crippen LogP contribution in [0.25, 0.3) is 22.4 Å². The lowest BCUT2D eigenvalue weighted by Crippen LogP contribution is -2.27. The molecule has 0 saturated heterocycles. The van der Waals surface area contributed by atoms with Gasteiger partial charge in [0.1, 0.15) is 5.82 Å². The van der Waals surface area contributed by atoms with Gasteiger partial charge in [-0.15, -0.1) is 0 Å². The largest absolute Gasteiger partial charge is 0.350 e. The monoisotopic (exact) mass is 447 g/mol.